The SMILES string of the molecule is C=C[C@@H]1O[C@@H]2C3=C(C)[C@@H](OC(=O)[C@H](O)[C@@H](NC(=O)OC(C)(C)C)c4ccccn4)C[C@@](O)([C@@H](OC(=O)c4ccccc4)[C@H]4[C@@](C)(CC[C@H]5OC[C@]54OC(C)=O)[C@@H]2O1)C3(C)C.CC(=O)O[C@@]12CO[C@@H]1CC[C@@]1(C)[C@@H]3O[C@H](CN4CC(CO)C4)O[C@@H]3C3=C(C)[C@@H](OC(=O)[C@H](O)[C@@H](NC(=O)OC(C)(C)C)c4ccccn4)C[C@@](O)([C@@H](OC(=O)c4ccccc4)[C@@H]12)C3(C)C. The van der Waals surface area contributed by atoms with Crippen LogP contribution in [0.4, 0.5) is 9.59 Å². The monoisotopic (exact) mass is 1740 g/mol. The molecule has 2 amide bonds. The van der Waals surface area contributed by atoms with Crippen molar-refractivity contribution in [2.75, 3.05) is 39.5 Å². The van der Waals surface area contributed by atoms with Gasteiger partial charge in [0.2, 0.25) is 0 Å². The molecule has 11 aliphatic rings. The Bertz CT molecular complexity index is 4790. The van der Waals surface area contributed by atoms with E-state index >= 15 is 0 Å². The van der Waals surface area contributed by atoms with Gasteiger partial charge in [0.25, 0.3) is 0 Å². The number of alkyl carbamates (subject to hydrolysis) is 2. The number of esters is 6. The summed E-state index contributed by atoms with van der Waals surface area (Å²) in [7, 11) is 0. The Balaban J connectivity index is 0.000000204. The maximum absolute atomic E-state index is 14.5. The second-order valence-electron chi connectivity index (χ2n) is 38.9. The topological polar surface area (TPSA) is 420 Å². The number of carbonyl (C=O) groups is 8. The van der Waals surface area contributed by atoms with Gasteiger partial charge in [0.1, 0.15) is 83.3 Å². The largest absolute Gasteiger partial charge is 0.456 e. The zero-order valence-electron chi connectivity index (χ0n) is 73.7. The highest BCUT2D eigenvalue weighted by Gasteiger charge is 2.80. The van der Waals surface area contributed by atoms with Gasteiger partial charge in [-0.3, -0.25) is 24.5 Å². The number of hydrogen-bond acceptors (Lipinski definition) is 30. The summed E-state index contributed by atoms with van der Waals surface area (Å²) in [6.07, 6.45) is -11.8. The van der Waals surface area contributed by atoms with Crippen molar-refractivity contribution in [2.24, 2.45) is 39.4 Å². The summed E-state index contributed by atoms with van der Waals surface area (Å²) in [6, 6.07) is 23.5. The number of likely N-dealkylation sites (tertiary alicyclic amines) is 1. The zero-order chi connectivity index (χ0) is 90.4. The molecule has 678 valence electrons. The van der Waals surface area contributed by atoms with Gasteiger partial charge >= 0.3 is 48.0 Å². The fourth-order valence-electron chi connectivity index (χ4n) is 22.0. The molecule has 4 aromatic rings. The molecule has 5 aliphatic heterocycles. The lowest BCUT2D eigenvalue weighted by atomic mass is 9.45. The molecule has 32 nitrogen and oxygen atoms in total. The third-order valence-corrected chi connectivity index (χ3v) is 28.0. The number of amides is 2. The van der Waals surface area contributed by atoms with Crippen LogP contribution in [0.2, 0.25) is 0 Å². The van der Waals surface area contributed by atoms with Crippen LogP contribution in [0.25, 0.3) is 0 Å². The molecule has 9 fully saturated rings. The van der Waals surface area contributed by atoms with Crippen LogP contribution in [-0.2, 0) is 85.5 Å². The van der Waals surface area contributed by atoms with Crippen LogP contribution in [0.15, 0.2) is 144 Å². The van der Waals surface area contributed by atoms with Gasteiger partial charge in [-0.05, 0) is 158 Å². The van der Waals surface area contributed by atoms with Crippen molar-refractivity contribution >= 4 is 48.0 Å². The summed E-state index contributed by atoms with van der Waals surface area (Å²) in [5, 5.41) is 66.2. The molecule has 5 saturated heterocycles. The quantitative estimate of drug-likeness (QED) is 0.0247. The number of aliphatic hydroxyl groups excluding tert-OH is 3. The fraction of sp³-hybridized carbons (Fsp3) is 0.613. The minimum atomic E-state index is -2.09. The van der Waals surface area contributed by atoms with E-state index in [1.54, 1.807) is 140 Å². The summed E-state index contributed by atoms with van der Waals surface area (Å²) >= 11 is 0. The lowest BCUT2D eigenvalue weighted by Crippen LogP contribution is -2.79. The number of nitrogens with zero attached hydrogens (tertiary/aromatic N) is 3. The molecule has 2 aromatic carbocycles. The first kappa shape index (κ1) is 92.0. The Hall–Kier alpha value is -9.16. The van der Waals surface area contributed by atoms with Crippen LogP contribution < -0.4 is 10.6 Å². The number of fused-ring (bicyclic) bond motifs is 16. The molecule has 15 rings (SSSR count). The minimum absolute atomic E-state index is 0.0393. The van der Waals surface area contributed by atoms with Gasteiger partial charge in [0, 0.05) is 92.9 Å². The highest BCUT2D eigenvalue weighted by molar-refractivity contribution is 5.90. The highest BCUT2D eigenvalue weighted by Crippen LogP contribution is 2.70. The van der Waals surface area contributed by atoms with E-state index in [0.29, 0.717) is 67.6 Å². The zero-order valence-corrected chi connectivity index (χ0v) is 73.7. The molecule has 6 aliphatic carbocycles. The van der Waals surface area contributed by atoms with Crippen LogP contribution >= 0.6 is 0 Å². The molecule has 7 heterocycles. The molecule has 0 radical (unpaired) electrons. The smallest absolute Gasteiger partial charge is 0.408 e. The van der Waals surface area contributed by atoms with Crippen molar-refractivity contribution in [2.45, 2.75) is 281 Å². The van der Waals surface area contributed by atoms with E-state index in [1.807, 2.05) is 41.5 Å². The summed E-state index contributed by atoms with van der Waals surface area (Å²) in [4.78, 5) is 121. The number of aromatic nitrogens is 2. The molecule has 2 aromatic heterocycles. The van der Waals surface area contributed by atoms with Gasteiger partial charge in [-0.2, -0.15) is 0 Å². The van der Waals surface area contributed by atoms with Gasteiger partial charge in [0.15, 0.2) is 36.0 Å². The van der Waals surface area contributed by atoms with Crippen molar-refractivity contribution in [1.29, 1.82) is 0 Å². The van der Waals surface area contributed by atoms with Crippen molar-refractivity contribution in [3.63, 3.8) is 0 Å². The van der Waals surface area contributed by atoms with Crippen molar-refractivity contribution in [3.05, 3.63) is 167 Å². The van der Waals surface area contributed by atoms with Crippen LogP contribution in [0.1, 0.15) is 193 Å². The average molecular weight is 1740 g/mol. The minimum Gasteiger partial charge on any atom is -0.456 e. The fourth-order valence-corrected chi connectivity index (χ4v) is 22.0. The Kier molecular flexibility index (Phi) is 25.4. The van der Waals surface area contributed by atoms with E-state index in [9.17, 15) is 63.9 Å². The van der Waals surface area contributed by atoms with Crippen LogP contribution in [0.3, 0.4) is 0 Å². The van der Waals surface area contributed by atoms with Gasteiger partial charge < -0.3 is 102 Å². The van der Waals surface area contributed by atoms with Gasteiger partial charge in [-0.1, -0.05) is 96.7 Å². The van der Waals surface area contributed by atoms with Gasteiger partial charge in [-0.15, -0.1) is 0 Å². The molecular weight excluding hydrogens is 1620 g/mol. The Labute approximate surface area is 727 Å². The summed E-state index contributed by atoms with van der Waals surface area (Å²) in [6.45, 7) is 33.1. The number of pyridine rings is 2. The first-order chi connectivity index (χ1) is 58.8. The summed E-state index contributed by atoms with van der Waals surface area (Å²) in [5.41, 5.74) is -10.4. The number of hydrogen-bond donors (Lipinski definition) is 7. The average Bonchev–Trinajstić information content (AvgIpc) is 1.63. The number of rotatable bonds is 20. The molecule has 24 atom stereocenters. The molecule has 7 N–H and O–H groups in total. The molecule has 125 heavy (non-hydrogen) atoms. The van der Waals surface area contributed by atoms with Crippen molar-refractivity contribution in [1.82, 2.24) is 25.5 Å². The molecule has 32 heteroatoms. The van der Waals surface area contributed by atoms with E-state index in [4.69, 9.17) is 66.3 Å². The van der Waals surface area contributed by atoms with Crippen molar-refractivity contribution < 1.29 is 130 Å². The standard InChI is InChI=1S/C48H63N3O14.C45H56N2O13/c1-26-31(60-42(56)36(54)35(30-16-12-13-19-49-30)50-43(57)65-44(3,4)5)20-48(58)40(63-41(55)29-14-10-9-11-15-29)38-46(8,18-17-32-47(38,25-59-32)64-27(2)53)39-37(34(26)45(48,6)7)61-33(62-39)23-51-21-28(22-51)24-52;1-10-30-56-34-31-24(2)28(55-39(51)33(49)32(27-18-14-15-21-46-27)47-40(52)60-41(4,5)6)22-45(53,42(31,7)8)37(58-38(50)26-16-12-11-13-17-26)35-43(9,36(34)57-30)20-19-29-44(35,23-54-29)59-25(3)48/h9-16,19,28,31-33,35-40,52,54,58H,17-18,20-25H2,1-8H3,(H,50,57);10-18,21,28-30,32-37,49,53H,1,19-20,22-23H2,2-9H3,(H,47,52)/t31-,32+,33+,35-,36+,37+,38-,39+,40-,46+,47-,48+;28-,29+,30+,32-,33+,34+,35-,36+,37-,43+,44-,45+/m00/s1. The maximum atomic E-state index is 14.5. The molecule has 4 bridgehead atoms. The second kappa shape index (κ2) is 34.5. The van der Waals surface area contributed by atoms with Gasteiger partial charge in [-0.25, -0.2) is 28.8 Å². The third kappa shape index (κ3) is 16.8. The Morgan fingerprint density at radius 1 is 0.568 bits per heavy atom. The number of nitrogens with one attached hydrogen (secondary N) is 2. The van der Waals surface area contributed by atoms with Crippen LogP contribution in [0, 0.1) is 39.4 Å². The number of carbonyl (C=O) groups excluding carboxylic acids is 8. The lowest BCUT2D eigenvalue weighted by molar-refractivity contribution is -0.345. The van der Waals surface area contributed by atoms with E-state index in [-0.39, 0.29) is 61.1 Å². The van der Waals surface area contributed by atoms with Crippen LogP contribution in [-0.4, -0.2) is 247 Å². The van der Waals surface area contributed by atoms with Crippen molar-refractivity contribution in [3.8, 4) is 0 Å². The Morgan fingerprint density at radius 2 is 0.968 bits per heavy atom. The molecule has 4 saturated carbocycles. The Morgan fingerprint density at radius 3 is 1.33 bits per heavy atom. The highest BCUT2D eigenvalue weighted by atomic mass is 16.7. The van der Waals surface area contributed by atoms with E-state index in [1.165, 1.54) is 44.4 Å². The molecule has 0 spiro atoms. The molecular formula is C93H119N5O27. The number of ether oxygens (including phenoxy) is 14. The molecule has 0 unspecified atom stereocenters. The number of aliphatic hydroxyl groups is 5. The van der Waals surface area contributed by atoms with E-state index in [0.717, 1.165) is 0 Å². The summed E-state index contributed by atoms with van der Waals surface area (Å²) in [5.74, 6) is -6.70. The summed E-state index contributed by atoms with van der Waals surface area (Å²) < 4.78 is 89.0. The van der Waals surface area contributed by atoms with Crippen LogP contribution in [0.5, 0.6) is 0 Å². The van der Waals surface area contributed by atoms with E-state index < -0.39 is 213 Å². The maximum Gasteiger partial charge on any atom is 0.408 e. The second-order valence-corrected chi connectivity index (χ2v) is 38.9. The first-order valence-corrected chi connectivity index (χ1v) is 43.0. The predicted molar refractivity (Wildman–Crippen MR) is 442 cm³/mol. The first-order valence-electron chi connectivity index (χ1n) is 43.0. The predicted octanol–water partition coefficient (Wildman–Crippen LogP) is 8.84. The normalized spacial score (nSPS) is 35.0. The lowest BCUT2D eigenvalue weighted by Gasteiger charge is -2.68. The van der Waals surface area contributed by atoms with E-state index in [2.05, 4.69) is 32.1 Å². The number of benzene rings is 2. The van der Waals surface area contributed by atoms with Gasteiger partial charge in [0.05, 0.1) is 59.8 Å². The third-order valence-electron chi connectivity index (χ3n) is 28.0.